The first kappa shape index (κ1) is 22.5. The summed E-state index contributed by atoms with van der Waals surface area (Å²) in [6.45, 7) is 5.13. The van der Waals surface area contributed by atoms with Crippen molar-refractivity contribution in [2.24, 2.45) is 0 Å². The second-order valence-corrected chi connectivity index (χ2v) is 7.52. The number of amides is 3. The van der Waals surface area contributed by atoms with Gasteiger partial charge in [-0.3, -0.25) is 14.4 Å². The van der Waals surface area contributed by atoms with Gasteiger partial charge in [0.05, 0.1) is 12.1 Å². The molecule has 156 valence electrons. The highest BCUT2D eigenvalue weighted by Crippen LogP contribution is 2.16. The van der Waals surface area contributed by atoms with Crippen molar-refractivity contribution in [2.75, 3.05) is 25.0 Å². The second-order valence-electron chi connectivity index (χ2n) is 6.67. The Hall–Kier alpha value is -2.74. The van der Waals surface area contributed by atoms with E-state index in [2.05, 4.69) is 22.5 Å². The summed E-state index contributed by atoms with van der Waals surface area (Å²) in [7, 11) is 0. The van der Waals surface area contributed by atoms with E-state index in [4.69, 9.17) is 0 Å². The lowest BCUT2D eigenvalue weighted by Crippen LogP contribution is -2.38. The molecule has 1 heterocycles. The molecule has 1 aromatic heterocycles. The number of benzene rings is 1. The Balaban J connectivity index is 1.89. The van der Waals surface area contributed by atoms with Crippen molar-refractivity contribution in [2.45, 2.75) is 39.5 Å². The van der Waals surface area contributed by atoms with Crippen molar-refractivity contribution < 1.29 is 14.4 Å². The number of carbonyl (C=O) groups excluding carboxylic acids is 3. The van der Waals surface area contributed by atoms with Crippen molar-refractivity contribution in [1.82, 2.24) is 15.2 Å². The Bertz CT molecular complexity index is 807. The number of aromatic nitrogens is 1. The lowest BCUT2D eigenvalue weighted by atomic mass is 10.2. The second kappa shape index (κ2) is 12.0. The van der Waals surface area contributed by atoms with Gasteiger partial charge >= 0.3 is 0 Å². The molecule has 7 nitrogen and oxygen atoms in total. The van der Waals surface area contributed by atoms with Crippen molar-refractivity contribution in [3.63, 3.8) is 0 Å². The van der Waals surface area contributed by atoms with Crippen LogP contribution in [0.2, 0.25) is 0 Å². The van der Waals surface area contributed by atoms with E-state index in [1.165, 1.54) is 16.2 Å². The van der Waals surface area contributed by atoms with Crippen LogP contribution in [0.1, 0.15) is 49.2 Å². The fourth-order valence-corrected chi connectivity index (χ4v) is 3.42. The Morgan fingerprint density at radius 1 is 1.07 bits per heavy atom. The van der Waals surface area contributed by atoms with E-state index in [1.807, 2.05) is 13.0 Å². The summed E-state index contributed by atoms with van der Waals surface area (Å²) < 4.78 is 0. The number of anilines is 1. The summed E-state index contributed by atoms with van der Waals surface area (Å²) in [6, 6.07) is 8.92. The Labute approximate surface area is 175 Å². The summed E-state index contributed by atoms with van der Waals surface area (Å²) in [4.78, 5) is 42.8. The summed E-state index contributed by atoms with van der Waals surface area (Å²) in [5.41, 5.74) is 1.17. The number of nitrogens with one attached hydrogen (secondary N) is 2. The molecule has 2 N–H and O–H groups in total. The third-order valence-electron chi connectivity index (χ3n) is 4.13. The van der Waals surface area contributed by atoms with Gasteiger partial charge in [-0.25, -0.2) is 4.98 Å². The predicted octanol–water partition coefficient (Wildman–Crippen LogP) is 3.09. The Morgan fingerprint density at radius 3 is 2.52 bits per heavy atom. The van der Waals surface area contributed by atoms with Crippen LogP contribution >= 0.6 is 11.3 Å². The van der Waals surface area contributed by atoms with E-state index in [1.54, 1.807) is 29.6 Å². The molecule has 0 aliphatic rings. The molecule has 2 aromatic rings. The molecule has 0 aliphatic heterocycles. The number of hydrogen-bond donors (Lipinski definition) is 2. The van der Waals surface area contributed by atoms with Gasteiger partial charge in [-0.15, -0.1) is 11.3 Å². The molecule has 1 aromatic carbocycles. The molecule has 2 rings (SSSR count). The van der Waals surface area contributed by atoms with Gasteiger partial charge in [0.1, 0.15) is 6.54 Å². The number of rotatable bonds is 11. The lowest BCUT2D eigenvalue weighted by Gasteiger charge is -2.21. The normalized spacial score (nSPS) is 10.4. The van der Waals surface area contributed by atoms with Crippen LogP contribution in [0, 0.1) is 0 Å². The van der Waals surface area contributed by atoms with E-state index in [-0.39, 0.29) is 30.7 Å². The van der Waals surface area contributed by atoms with Crippen LogP contribution in [-0.2, 0) is 16.0 Å². The quantitative estimate of drug-likeness (QED) is 0.551. The van der Waals surface area contributed by atoms with E-state index < -0.39 is 0 Å². The molecule has 8 heteroatoms. The van der Waals surface area contributed by atoms with E-state index >= 15 is 0 Å². The topological polar surface area (TPSA) is 91.4 Å². The molecule has 0 unspecified atom stereocenters. The smallest absolute Gasteiger partial charge is 0.254 e. The van der Waals surface area contributed by atoms with Gasteiger partial charge in [-0.1, -0.05) is 38.5 Å². The zero-order valence-electron chi connectivity index (χ0n) is 16.9. The van der Waals surface area contributed by atoms with Gasteiger partial charge in [-0.05, 0) is 25.0 Å². The number of nitrogens with zero attached hydrogens (tertiary/aromatic N) is 2. The number of unbranched alkanes of at least 4 members (excludes halogenated alkanes) is 1. The Morgan fingerprint density at radius 2 is 1.83 bits per heavy atom. The predicted molar refractivity (Wildman–Crippen MR) is 115 cm³/mol. The lowest BCUT2D eigenvalue weighted by molar-refractivity contribution is -0.120. The van der Waals surface area contributed by atoms with E-state index in [0.717, 1.165) is 19.3 Å². The number of hydrogen-bond acceptors (Lipinski definition) is 5. The minimum atomic E-state index is -0.309. The molecule has 0 spiro atoms. The third-order valence-corrected chi connectivity index (χ3v) is 4.93. The highest BCUT2D eigenvalue weighted by molar-refractivity contribution is 7.13. The maximum absolute atomic E-state index is 12.6. The first-order chi connectivity index (χ1) is 14.0. The van der Waals surface area contributed by atoms with Crippen LogP contribution in [-0.4, -0.2) is 47.2 Å². The van der Waals surface area contributed by atoms with Crippen molar-refractivity contribution in [3.05, 3.63) is 47.0 Å². The number of thiazole rings is 1. The average Bonchev–Trinajstić information content (AvgIpc) is 3.14. The van der Waals surface area contributed by atoms with Gasteiger partial charge in [0.2, 0.25) is 11.8 Å². The highest BCUT2D eigenvalue weighted by Gasteiger charge is 2.19. The molecule has 0 fully saturated rings. The zero-order chi connectivity index (χ0) is 21.1. The van der Waals surface area contributed by atoms with Gasteiger partial charge < -0.3 is 15.5 Å². The van der Waals surface area contributed by atoms with Crippen molar-refractivity contribution in [3.8, 4) is 0 Å². The van der Waals surface area contributed by atoms with Crippen LogP contribution in [0.5, 0.6) is 0 Å². The maximum atomic E-state index is 12.6. The summed E-state index contributed by atoms with van der Waals surface area (Å²) in [5.74, 6) is -0.564. The zero-order valence-corrected chi connectivity index (χ0v) is 17.8. The van der Waals surface area contributed by atoms with Crippen LogP contribution in [0.4, 0.5) is 5.13 Å². The average molecular weight is 417 g/mol. The minimum absolute atomic E-state index is 0.0476. The molecule has 0 bridgehead atoms. The summed E-state index contributed by atoms with van der Waals surface area (Å²) in [6.07, 6.45) is 2.90. The molecule has 29 heavy (non-hydrogen) atoms. The SMILES string of the molecule is CCCCNC(=O)Cc1csc(NC(=O)CN(CCC)C(=O)c2ccccc2)n1. The molecule has 0 saturated heterocycles. The van der Waals surface area contributed by atoms with Gasteiger partial charge in [0.25, 0.3) is 5.91 Å². The van der Waals surface area contributed by atoms with Crippen LogP contribution in [0.15, 0.2) is 35.7 Å². The third kappa shape index (κ3) is 7.65. The molecule has 0 radical (unpaired) electrons. The van der Waals surface area contributed by atoms with Crippen LogP contribution in [0.25, 0.3) is 0 Å². The standard InChI is InChI=1S/C21H28N4O3S/c1-3-5-11-22-18(26)13-17-15-29-21(23-17)24-19(27)14-25(12-4-2)20(28)16-9-7-6-8-10-16/h6-10,15H,3-5,11-14H2,1-2H3,(H,22,26)(H,23,24,27). The fraction of sp³-hybridized carbons (Fsp3) is 0.429. The monoisotopic (exact) mass is 416 g/mol. The number of carbonyl (C=O) groups is 3. The van der Waals surface area contributed by atoms with Gasteiger partial charge in [-0.2, -0.15) is 0 Å². The van der Waals surface area contributed by atoms with Crippen LogP contribution < -0.4 is 10.6 Å². The maximum Gasteiger partial charge on any atom is 0.254 e. The Kier molecular flexibility index (Phi) is 9.30. The first-order valence-electron chi connectivity index (χ1n) is 9.88. The van der Waals surface area contributed by atoms with E-state index in [9.17, 15) is 14.4 Å². The van der Waals surface area contributed by atoms with Crippen LogP contribution in [0.3, 0.4) is 0 Å². The minimum Gasteiger partial charge on any atom is -0.356 e. The molecular formula is C21H28N4O3S. The largest absolute Gasteiger partial charge is 0.356 e. The molecular weight excluding hydrogens is 388 g/mol. The van der Waals surface area contributed by atoms with Gasteiger partial charge in [0, 0.05) is 24.0 Å². The summed E-state index contributed by atoms with van der Waals surface area (Å²) in [5, 5.41) is 7.75. The molecule has 0 aliphatic carbocycles. The molecule has 0 saturated carbocycles. The highest BCUT2D eigenvalue weighted by atomic mass is 32.1. The fourth-order valence-electron chi connectivity index (χ4n) is 2.69. The molecule has 0 atom stereocenters. The van der Waals surface area contributed by atoms with Gasteiger partial charge in [0.15, 0.2) is 5.13 Å². The molecule has 3 amide bonds. The summed E-state index contributed by atoms with van der Waals surface area (Å²) >= 11 is 1.27. The van der Waals surface area contributed by atoms with Crippen molar-refractivity contribution >= 4 is 34.2 Å². The first-order valence-corrected chi connectivity index (χ1v) is 10.8. The van der Waals surface area contributed by atoms with E-state index in [0.29, 0.717) is 29.5 Å². The van der Waals surface area contributed by atoms with Crippen molar-refractivity contribution in [1.29, 1.82) is 0 Å².